The van der Waals surface area contributed by atoms with Gasteiger partial charge in [0.25, 0.3) is 5.91 Å². The number of rotatable bonds is 7. The van der Waals surface area contributed by atoms with Crippen molar-refractivity contribution in [2.24, 2.45) is 4.99 Å². The molecule has 166 valence electrons. The van der Waals surface area contributed by atoms with Crippen molar-refractivity contribution in [2.45, 2.75) is 26.1 Å². The summed E-state index contributed by atoms with van der Waals surface area (Å²) >= 11 is 1.61. The van der Waals surface area contributed by atoms with Gasteiger partial charge >= 0.3 is 6.36 Å². The van der Waals surface area contributed by atoms with E-state index < -0.39 is 17.9 Å². The van der Waals surface area contributed by atoms with E-state index in [9.17, 15) is 22.4 Å². The van der Waals surface area contributed by atoms with Crippen LogP contribution in [0.1, 0.15) is 30.3 Å². The van der Waals surface area contributed by atoms with Gasteiger partial charge in [-0.25, -0.2) is 9.07 Å². The average Bonchev–Trinajstić information content (AvgIpc) is 3.36. The number of unbranched alkanes of at least 4 members (excludes halogenated alkanes) is 1. The average molecular weight is 456 g/mol. The van der Waals surface area contributed by atoms with E-state index >= 15 is 0 Å². The smallest absolute Gasteiger partial charge is 0.406 e. The number of aromatic nitrogens is 2. The molecular weight excluding hydrogens is 436 g/mol. The van der Waals surface area contributed by atoms with Gasteiger partial charge in [0.05, 0.1) is 11.6 Å². The van der Waals surface area contributed by atoms with Crippen molar-refractivity contribution in [1.29, 1.82) is 0 Å². The minimum atomic E-state index is -4.96. The van der Waals surface area contributed by atoms with E-state index in [-0.39, 0.29) is 22.9 Å². The first-order valence-corrected chi connectivity index (χ1v) is 10.6. The Morgan fingerprint density at radius 1 is 1.32 bits per heavy atom. The van der Waals surface area contributed by atoms with E-state index in [1.54, 1.807) is 22.9 Å². The van der Waals surface area contributed by atoms with E-state index in [1.165, 1.54) is 23.1 Å². The fourth-order valence-electron chi connectivity index (χ4n) is 2.83. The number of nitrogens with zero attached hydrogens (tertiary/aromatic N) is 4. The third-order valence-electron chi connectivity index (χ3n) is 4.21. The Kier molecular flexibility index (Phi) is 7.37. The Hall–Kier alpha value is -2.82. The molecule has 3 rings (SSSR count). The molecule has 0 spiro atoms. The summed E-state index contributed by atoms with van der Waals surface area (Å²) in [5, 5.41) is 4.25. The van der Waals surface area contributed by atoms with Gasteiger partial charge in [-0.05, 0) is 24.6 Å². The van der Waals surface area contributed by atoms with Crippen molar-refractivity contribution in [3.05, 3.63) is 42.0 Å². The third kappa shape index (κ3) is 6.33. The molecule has 2 aromatic rings. The molecule has 0 unspecified atom stereocenters. The number of aliphatic imine (C=N–C) groups is 1. The van der Waals surface area contributed by atoms with E-state index in [2.05, 4.69) is 14.8 Å². The monoisotopic (exact) mass is 456 g/mol. The summed E-state index contributed by atoms with van der Waals surface area (Å²) in [5.41, 5.74) is 0.398. The predicted molar refractivity (Wildman–Crippen MR) is 111 cm³/mol. The Balaban J connectivity index is 1.99. The van der Waals surface area contributed by atoms with Gasteiger partial charge in [0, 0.05) is 42.5 Å². The van der Waals surface area contributed by atoms with Crippen LogP contribution in [0.4, 0.5) is 17.6 Å². The molecule has 1 aliphatic rings. The molecular formula is C20H20F4N4O2S. The van der Waals surface area contributed by atoms with Gasteiger partial charge in [0.1, 0.15) is 11.6 Å². The minimum Gasteiger partial charge on any atom is -0.406 e. The molecule has 2 heterocycles. The van der Waals surface area contributed by atoms with Crippen LogP contribution in [0.15, 0.2) is 35.5 Å². The van der Waals surface area contributed by atoms with Crippen molar-refractivity contribution in [3.63, 3.8) is 0 Å². The molecule has 6 nitrogen and oxygen atoms in total. The lowest BCUT2D eigenvalue weighted by Gasteiger charge is -2.11. The topological polar surface area (TPSA) is 59.7 Å². The summed E-state index contributed by atoms with van der Waals surface area (Å²) in [6.45, 7) is 2.58. The number of amides is 1. The predicted octanol–water partition coefficient (Wildman–Crippen LogP) is 5.03. The van der Waals surface area contributed by atoms with Crippen molar-refractivity contribution < 1.29 is 27.1 Å². The number of alkyl halides is 3. The largest absolute Gasteiger partial charge is 0.573 e. The molecule has 0 aliphatic carbocycles. The lowest BCUT2D eigenvalue weighted by atomic mass is 10.1. The first kappa shape index (κ1) is 22.9. The number of carbonyl (C=O) groups is 1. The summed E-state index contributed by atoms with van der Waals surface area (Å²) in [4.78, 5) is 18.4. The molecule has 1 aromatic carbocycles. The second kappa shape index (κ2) is 9.99. The van der Waals surface area contributed by atoms with E-state index in [1.807, 2.05) is 6.92 Å². The number of benzene rings is 1. The van der Waals surface area contributed by atoms with Gasteiger partial charge in [-0.1, -0.05) is 13.3 Å². The number of carbonyl (C=O) groups excluding carboxylic acids is 1. The van der Waals surface area contributed by atoms with Crippen LogP contribution in [0, 0.1) is 5.82 Å². The highest BCUT2D eigenvalue weighted by Crippen LogP contribution is 2.30. The van der Waals surface area contributed by atoms with E-state index in [0.29, 0.717) is 18.5 Å². The maximum absolute atomic E-state index is 14.0. The molecule has 0 atom stereocenters. The summed E-state index contributed by atoms with van der Waals surface area (Å²) in [6, 6.07) is 4.14. The SMILES string of the molecule is CCCC=N/C=C/n1nc(C(=O)N2CCSC2)cc1-c1cc(F)cc(OC(F)(F)F)c1. The van der Waals surface area contributed by atoms with Crippen molar-refractivity contribution in [2.75, 3.05) is 18.2 Å². The highest BCUT2D eigenvalue weighted by molar-refractivity contribution is 7.99. The van der Waals surface area contributed by atoms with Crippen LogP contribution in [0.3, 0.4) is 0 Å². The second-order valence-electron chi connectivity index (χ2n) is 6.61. The lowest BCUT2D eigenvalue weighted by molar-refractivity contribution is -0.274. The first-order valence-electron chi connectivity index (χ1n) is 9.48. The highest BCUT2D eigenvalue weighted by Gasteiger charge is 2.31. The molecule has 31 heavy (non-hydrogen) atoms. The number of hydrogen-bond acceptors (Lipinski definition) is 5. The molecule has 0 bridgehead atoms. The molecule has 1 aromatic heterocycles. The molecule has 11 heteroatoms. The maximum atomic E-state index is 14.0. The Labute approximate surface area is 180 Å². The van der Waals surface area contributed by atoms with Crippen LogP contribution >= 0.6 is 11.8 Å². The molecule has 1 fully saturated rings. The Bertz CT molecular complexity index is 982. The van der Waals surface area contributed by atoms with Crippen molar-refractivity contribution >= 4 is 30.1 Å². The fourth-order valence-corrected chi connectivity index (χ4v) is 3.78. The summed E-state index contributed by atoms with van der Waals surface area (Å²) in [5.74, 6) is -0.590. The number of thioether (sulfide) groups is 1. The van der Waals surface area contributed by atoms with Gasteiger partial charge in [-0.3, -0.25) is 9.79 Å². The number of halogens is 4. The van der Waals surface area contributed by atoms with Gasteiger partial charge in [-0.15, -0.1) is 24.9 Å². The quantitative estimate of drug-likeness (QED) is 0.433. The summed E-state index contributed by atoms with van der Waals surface area (Å²) < 4.78 is 57.0. The highest BCUT2D eigenvalue weighted by atomic mass is 32.2. The van der Waals surface area contributed by atoms with Crippen LogP contribution < -0.4 is 4.74 Å². The van der Waals surface area contributed by atoms with Crippen molar-refractivity contribution in [1.82, 2.24) is 14.7 Å². The zero-order valence-electron chi connectivity index (χ0n) is 16.6. The third-order valence-corrected chi connectivity index (χ3v) is 5.18. The second-order valence-corrected chi connectivity index (χ2v) is 7.68. The zero-order chi connectivity index (χ0) is 22.4. The molecule has 1 aliphatic heterocycles. The fraction of sp³-hybridized carbons (Fsp3) is 0.350. The van der Waals surface area contributed by atoms with Crippen molar-refractivity contribution in [3.8, 4) is 17.0 Å². The van der Waals surface area contributed by atoms with Gasteiger partial charge in [0.2, 0.25) is 0 Å². The Morgan fingerprint density at radius 3 is 2.81 bits per heavy atom. The lowest BCUT2D eigenvalue weighted by Crippen LogP contribution is -2.28. The molecule has 0 N–H and O–H groups in total. The summed E-state index contributed by atoms with van der Waals surface area (Å²) in [7, 11) is 0. The van der Waals surface area contributed by atoms with Crippen LogP contribution in [-0.4, -0.2) is 51.3 Å². The number of ether oxygens (including phenoxy) is 1. The van der Waals surface area contributed by atoms with Crippen LogP contribution in [0.2, 0.25) is 0 Å². The van der Waals surface area contributed by atoms with E-state index in [4.69, 9.17) is 0 Å². The normalized spacial score (nSPS) is 14.8. The molecule has 1 amide bonds. The first-order chi connectivity index (χ1) is 14.8. The molecule has 1 saturated heterocycles. The standard InChI is InChI=1S/C20H20F4N4O2S/c1-2-3-4-25-5-6-28-18(12-17(26-28)19(29)27-7-8-31-13-27)14-9-15(21)11-16(10-14)30-20(22,23)24/h4-6,9-12H,2-3,7-8,13H2,1H3/b6-5+,25-4?. The maximum Gasteiger partial charge on any atom is 0.573 e. The molecule has 0 saturated carbocycles. The number of hydrogen-bond donors (Lipinski definition) is 0. The van der Waals surface area contributed by atoms with Crippen LogP contribution in [0.25, 0.3) is 17.5 Å². The van der Waals surface area contributed by atoms with Gasteiger partial charge in [-0.2, -0.15) is 5.10 Å². The van der Waals surface area contributed by atoms with Gasteiger partial charge < -0.3 is 9.64 Å². The van der Waals surface area contributed by atoms with Crippen LogP contribution in [0.5, 0.6) is 5.75 Å². The molecule has 0 radical (unpaired) electrons. The summed E-state index contributed by atoms with van der Waals surface area (Å²) in [6.07, 6.45) is 1.32. The Morgan fingerprint density at radius 2 is 2.13 bits per heavy atom. The zero-order valence-corrected chi connectivity index (χ0v) is 17.4. The van der Waals surface area contributed by atoms with E-state index in [0.717, 1.165) is 30.7 Å². The van der Waals surface area contributed by atoms with Crippen LogP contribution in [-0.2, 0) is 0 Å². The minimum absolute atomic E-state index is 0.0729. The van der Waals surface area contributed by atoms with Gasteiger partial charge in [0.15, 0.2) is 5.69 Å².